The zero-order valence-electron chi connectivity index (χ0n) is 18.2. The van der Waals surface area contributed by atoms with E-state index in [1.54, 1.807) is 12.1 Å². The molecule has 1 fully saturated rings. The quantitative estimate of drug-likeness (QED) is 0.396. The number of rotatable bonds is 4. The first-order chi connectivity index (χ1) is 15.1. The normalized spacial score (nSPS) is 16.7. The molecule has 4 heteroatoms. The molecular weight excluding hydrogens is 385 g/mol. The second-order valence-electron chi connectivity index (χ2n) is 8.65. The van der Waals surface area contributed by atoms with Crippen molar-refractivity contribution in [2.75, 3.05) is 18.0 Å². The fraction of sp³-hybridized carbons (Fsp3) is 0.296. The summed E-state index contributed by atoms with van der Waals surface area (Å²) in [7, 11) is 0. The summed E-state index contributed by atoms with van der Waals surface area (Å²) in [6.07, 6.45) is 4.29. The Bertz CT molecular complexity index is 1210. The summed E-state index contributed by atoms with van der Waals surface area (Å²) in [4.78, 5) is 7.31. The number of aryl methyl sites for hydroxylation is 1. The second kappa shape index (κ2) is 8.18. The summed E-state index contributed by atoms with van der Waals surface area (Å²) in [5, 5.41) is 1.24. The predicted octanol–water partition coefficient (Wildman–Crippen LogP) is 6.22. The van der Waals surface area contributed by atoms with E-state index in [0.717, 1.165) is 36.4 Å². The largest absolute Gasteiger partial charge is 0.354 e. The topological polar surface area (TPSA) is 21.1 Å². The fourth-order valence-electron chi connectivity index (χ4n) is 4.99. The molecule has 31 heavy (non-hydrogen) atoms. The van der Waals surface area contributed by atoms with E-state index in [1.165, 1.54) is 34.7 Å². The van der Waals surface area contributed by atoms with Crippen LogP contribution in [0.1, 0.15) is 41.1 Å². The van der Waals surface area contributed by atoms with Gasteiger partial charge in [-0.1, -0.05) is 42.5 Å². The predicted molar refractivity (Wildman–Crippen MR) is 125 cm³/mol. The molecule has 1 aliphatic heterocycles. The molecule has 0 aliphatic carbocycles. The van der Waals surface area contributed by atoms with Gasteiger partial charge in [-0.3, -0.25) is 0 Å². The molecule has 0 N–H and O–H groups in total. The average molecular weight is 414 g/mol. The van der Waals surface area contributed by atoms with Crippen LogP contribution in [0.5, 0.6) is 0 Å². The Kier molecular flexibility index (Phi) is 5.23. The first kappa shape index (κ1) is 19.8. The van der Waals surface area contributed by atoms with Crippen molar-refractivity contribution in [3.8, 4) is 0 Å². The molecular formula is C27H28FN3. The van der Waals surface area contributed by atoms with Crippen LogP contribution in [0.3, 0.4) is 0 Å². The molecule has 1 unspecified atom stereocenters. The first-order valence-electron chi connectivity index (χ1n) is 11.1. The number of pyridine rings is 1. The van der Waals surface area contributed by atoms with E-state index in [0.29, 0.717) is 12.5 Å². The van der Waals surface area contributed by atoms with Gasteiger partial charge in [0.2, 0.25) is 0 Å². The molecule has 0 amide bonds. The molecule has 3 heterocycles. The SMILES string of the molecule is Cc1c(C)n(Cc2cccc(F)c2)c2c(N3CCCC(c4ccccc4)C3)nccc12. The molecule has 5 rings (SSSR count). The monoisotopic (exact) mass is 413 g/mol. The summed E-state index contributed by atoms with van der Waals surface area (Å²) in [6.45, 7) is 6.95. The van der Waals surface area contributed by atoms with Crippen molar-refractivity contribution in [1.82, 2.24) is 9.55 Å². The van der Waals surface area contributed by atoms with E-state index in [1.807, 2.05) is 12.3 Å². The van der Waals surface area contributed by atoms with Crippen LogP contribution in [0.4, 0.5) is 10.2 Å². The van der Waals surface area contributed by atoms with Gasteiger partial charge in [-0.05, 0) is 61.6 Å². The maximum atomic E-state index is 13.8. The molecule has 0 bridgehead atoms. The summed E-state index contributed by atoms with van der Waals surface area (Å²) in [5.74, 6) is 1.37. The van der Waals surface area contributed by atoms with Gasteiger partial charge in [0.25, 0.3) is 0 Å². The van der Waals surface area contributed by atoms with E-state index >= 15 is 0 Å². The highest BCUT2D eigenvalue weighted by molar-refractivity contribution is 5.93. The Morgan fingerprint density at radius 1 is 1.03 bits per heavy atom. The molecule has 2 aromatic carbocycles. The molecule has 1 aliphatic rings. The standard InChI is InChI=1S/C27H28FN3/c1-19-20(2)31(17-21-8-6-12-24(28)16-21)26-25(19)13-14-29-27(26)30-15-7-11-23(18-30)22-9-4-3-5-10-22/h3-6,8-10,12-14,16,23H,7,11,15,17-18H2,1-2H3. The summed E-state index contributed by atoms with van der Waals surface area (Å²) in [6, 6.07) is 19.8. The number of anilines is 1. The molecule has 158 valence electrons. The molecule has 0 radical (unpaired) electrons. The van der Waals surface area contributed by atoms with Gasteiger partial charge in [0, 0.05) is 42.8 Å². The number of nitrogens with zero attached hydrogens (tertiary/aromatic N) is 3. The second-order valence-corrected chi connectivity index (χ2v) is 8.65. The Morgan fingerprint density at radius 2 is 1.87 bits per heavy atom. The molecule has 0 spiro atoms. The van der Waals surface area contributed by atoms with Gasteiger partial charge in [-0.15, -0.1) is 0 Å². The molecule has 0 saturated carbocycles. The highest BCUT2D eigenvalue weighted by Gasteiger charge is 2.25. The zero-order valence-corrected chi connectivity index (χ0v) is 18.2. The number of hydrogen-bond donors (Lipinski definition) is 0. The third-order valence-electron chi connectivity index (χ3n) is 6.75. The maximum absolute atomic E-state index is 13.8. The van der Waals surface area contributed by atoms with Gasteiger partial charge in [0.15, 0.2) is 5.82 Å². The smallest absolute Gasteiger partial charge is 0.153 e. The van der Waals surface area contributed by atoms with Crippen molar-refractivity contribution in [2.24, 2.45) is 0 Å². The van der Waals surface area contributed by atoms with Crippen molar-refractivity contribution in [3.05, 3.63) is 95.1 Å². The number of fused-ring (bicyclic) bond motifs is 1. The fourth-order valence-corrected chi connectivity index (χ4v) is 4.99. The van der Waals surface area contributed by atoms with Crippen molar-refractivity contribution in [3.63, 3.8) is 0 Å². The Morgan fingerprint density at radius 3 is 2.68 bits per heavy atom. The Balaban J connectivity index is 1.57. The molecule has 2 aromatic heterocycles. The molecule has 1 atom stereocenters. The lowest BCUT2D eigenvalue weighted by Gasteiger charge is -2.34. The van der Waals surface area contributed by atoms with Crippen molar-refractivity contribution in [1.29, 1.82) is 0 Å². The van der Waals surface area contributed by atoms with E-state index in [2.05, 4.69) is 59.7 Å². The van der Waals surface area contributed by atoms with E-state index in [-0.39, 0.29) is 5.82 Å². The van der Waals surface area contributed by atoms with Crippen LogP contribution >= 0.6 is 0 Å². The van der Waals surface area contributed by atoms with Gasteiger partial charge >= 0.3 is 0 Å². The van der Waals surface area contributed by atoms with E-state index in [4.69, 9.17) is 4.98 Å². The number of halogens is 1. The Labute approximate surface area is 183 Å². The molecule has 3 nitrogen and oxygen atoms in total. The maximum Gasteiger partial charge on any atom is 0.153 e. The minimum absolute atomic E-state index is 0.191. The third-order valence-corrected chi connectivity index (χ3v) is 6.75. The molecule has 1 saturated heterocycles. The highest BCUT2D eigenvalue weighted by atomic mass is 19.1. The van der Waals surface area contributed by atoms with Gasteiger partial charge in [-0.25, -0.2) is 9.37 Å². The van der Waals surface area contributed by atoms with Crippen molar-refractivity contribution < 1.29 is 4.39 Å². The minimum atomic E-state index is -0.191. The van der Waals surface area contributed by atoms with Gasteiger partial charge < -0.3 is 9.47 Å². The third kappa shape index (κ3) is 3.71. The van der Waals surface area contributed by atoms with Crippen LogP contribution in [0, 0.1) is 19.7 Å². The van der Waals surface area contributed by atoms with Crippen LogP contribution in [0.2, 0.25) is 0 Å². The summed E-state index contributed by atoms with van der Waals surface area (Å²) < 4.78 is 16.1. The van der Waals surface area contributed by atoms with Crippen LogP contribution in [-0.2, 0) is 6.54 Å². The number of hydrogen-bond acceptors (Lipinski definition) is 2. The van der Waals surface area contributed by atoms with Crippen molar-refractivity contribution in [2.45, 2.75) is 39.2 Å². The van der Waals surface area contributed by atoms with Gasteiger partial charge in [-0.2, -0.15) is 0 Å². The first-order valence-corrected chi connectivity index (χ1v) is 11.1. The lowest BCUT2D eigenvalue weighted by Crippen LogP contribution is -2.35. The lowest BCUT2D eigenvalue weighted by molar-refractivity contribution is 0.507. The number of aromatic nitrogens is 2. The lowest BCUT2D eigenvalue weighted by atomic mass is 9.90. The zero-order chi connectivity index (χ0) is 21.4. The van der Waals surface area contributed by atoms with Crippen LogP contribution in [0.25, 0.3) is 10.9 Å². The molecule has 4 aromatic rings. The highest BCUT2D eigenvalue weighted by Crippen LogP contribution is 2.35. The average Bonchev–Trinajstić information content (AvgIpc) is 3.05. The van der Waals surface area contributed by atoms with Crippen molar-refractivity contribution >= 4 is 16.7 Å². The van der Waals surface area contributed by atoms with Gasteiger partial charge in [0.1, 0.15) is 5.82 Å². The Hall–Kier alpha value is -3.14. The summed E-state index contributed by atoms with van der Waals surface area (Å²) in [5.41, 5.74) is 6.02. The van der Waals surface area contributed by atoms with Crippen LogP contribution in [-0.4, -0.2) is 22.6 Å². The van der Waals surface area contributed by atoms with Crippen LogP contribution < -0.4 is 4.90 Å². The number of benzene rings is 2. The van der Waals surface area contributed by atoms with Crippen LogP contribution in [0.15, 0.2) is 66.9 Å². The number of piperidine rings is 1. The van der Waals surface area contributed by atoms with E-state index in [9.17, 15) is 4.39 Å². The summed E-state index contributed by atoms with van der Waals surface area (Å²) >= 11 is 0. The van der Waals surface area contributed by atoms with Gasteiger partial charge in [0.05, 0.1) is 5.52 Å². The van der Waals surface area contributed by atoms with E-state index < -0.39 is 0 Å². The minimum Gasteiger partial charge on any atom is -0.354 e.